The lowest BCUT2D eigenvalue weighted by Gasteiger charge is -2.03. The minimum Gasteiger partial charge on any atom is -0.496 e. The molecule has 2 aromatic rings. The first-order valence-corrected chi connectivity index (χ1v) is 8.03. The number of hydrogen-bond acceptors (Lipinski definition) is 4. The van der Waals surface area contributed by atoms with E-state index < -0.39 is 0 Å². The standard InChI is InChI=1S/C17H13ClN2O2S/c1-22-14-8-3-2-5-11(14)9-15-16(21)20-17(23-15)19-13-7-4-6-12(18)10-13/h2-10H,1H3,(H,19,20,21)/b15-9+. The minimum atomic E-state index is -0.179. The second kappa shape index (κ2) is 6.89. The third kappa shape index (κ3) is 3.75. The molecule has 3 rings (SSSR count). The fourth-order valence-corrected chi connectivity index (χ4v) is 3.09. The van der Waals surface area contributed by atoms with E-state index in [-0.39, 0.29) is 5.91 Å². The van der Waals surface area contributed by atoms with Crippen LogP contribution in [0.1, 0.15) is 5.56 Å². The number of carbonyl (C=O) groups is 1. The lowest BCUT2D eigenvalue weighted by atomic mass is 10.2. The summed E-state index contributed by atoms with van der Waals surface area (Å²) in [4.78, 5) is 17.1. The van der Waals surface area contributed by atoms with E-state index in [1.807, 2.05) is 36.4 Å². The van der Waals surface area contributed by atoms with Gasteiger partial charge in [0.05, 0.1) is 17.7 Å². The van der Waals surface area contributed by atoms with Crippen LogP contribution in [-0.2, 0) is 4.79 Å². The fourth-order valence-electron chi connectivity index (χ4n) is 2.07. The number of benzene rings is 2. The molecule has 116 valence electrons. The second-order valence-electron chi connectivity index (χ2n) is 4.70. The Balaban J connectivity index is 1.86. The van der Waals surface area contributed by atoms with Gasteiger partial charge in [0.25, 0.3) is 5.91 Å². The normalized spacial score (nSPS) is 17.6. The third-order valence-electron chi connectivity index (χ3n) is 3.12. The predicted molar refractivity (Wildman–Crippen MR) is 95.3 cm³/mol. The predicted octanol–water partition coefficient (Wildman–Crippen LogP) is 4.24. The Bertz CT molecular complexity index is 818. The number of carbonyl (C=O) groups excluding carboxylic acids is 1. The summed E-state index contributed by atoms with van der Waals surface area (Å²) >= 11 is 7.22. The van der Waals surface area contributed by atoms with E-state index in [1.54, 1.807) is 25.3 Å². The average molecular weight is 345 g/mol. The van der Waals surface area contributed by atoms with Crippen molar-refractivity contribution in [1.82, 2.24) is 5.32 Å². The van der Waals surface area contributed by atoms with Gasteiger partial charge >= 0.3 is 0 Å². The Kier molecular flexibility index (Phi) is 4.69. The van der Waals surface area contributed by atoms with Crippen molar-refractivity contribution in [2.24, 2.45) is 4.99 Å². The molecule has 0 aromatic heterocycles. The molecule has 1 fully saturated rings. The molecule has 0 saturated carbocycles. The van der Waals surface area contributed by atoms with Gasteiger partial charge in [0.1, 0.15) is 5.75 Å². The van der Waals surface area contributed by atoms with E-state index in [0.717, 1.165) is 5.56 Å². The molecule has 1 N–H and O–H groups in total. The largest absolute Gasteiger partial charge is 0.496 e. The van der Waals surface area contributed by atoms with Crippen molar-refractivity contribution < 1.29 is 9.53 Å². The summed E-state index contributed by atoms with van der Waals surface area (Å²) in [5.41, 5.74) is 1.54. The maximum Gasteiger partial charge on any atom is 0.264 e. The molecule has 0 bridgehead atoms. The Morgan fingerprint density at radius 3 is 2.83 bits per heavy atom. The molecule has 0 spiro atoms. The number of aliphatic imine (C=N–C) groups is 1. The summed E-state index contributed by atoms with van der Waals surface area (Å²) in [5, 5.41) is 3.88. The topological polar surface area (TPSA) is 50.7 Å². The number of hydrogen-bond donors (Lipinski definition) is 1. The van der Waals surface area contributed by atoms with Crippen molar-refractivity contribution >= 4 is 46.2 Å². The van der Waals surface area contributed by atoms with E-state index in [4.69, 9.17) is 16.3 Å². The molecule has 1 heterocycles. The van der Waals surface area contributed by atoms with Crippen LogP contribution in [0, 0.1) is 0 Å². The molecule has 1 aliphatic rings. The van der Waals surface area contributed by atoms with Gasteiger partial charge in [-0.1, -0.05) is 35.9 Å². The van der Waals surface area contributed by atoms with Crippen LogP contribution in [0.3, 0.4) is 0 Å². The maximum absolute atomic E-state index is 12.1. The summed E-state index contributed by atoms with van der Waals surface area (Å²) < 4.78 is 5.30. The molecule has 4 nitrogen and oxygen atoms in total. The van der Waals surface area contributed by atoms with E-state index in [1.165, 1.54) is 11.8 Å². The van der Waals surface area contributed by atoms with Crippen molar-refractivity contribution in [1.29, 1.82) is 0 Å². The minimum absolute atomic E-state index is 0.179. The van der Waals surface area contributed by atoms with E-state index in [2.05, 4.69) is 10.3 Å². The number of amidine groups is 1. The van der Waals surface area contributed by atoms with Crippen molar-refractivity contribution in [2.75, 3.05) is 7.11 Å². The van der Waals surface area contributed by atoms with Gasteiger partial charge in [0.2, 0.25) is 0 Å². The summed E-state index contributed by atoms with van der Waals surface area (Å²) in [6, 6.07) is 14.7. The Labute approximate surface area is 143 Å². The van der Waals surface area contributed by atoms with Crippen LogP contribution in [0.15, 0.2) is 58.4 Å². The highest BCUT2D eigenvalue weighted by Crippen LogP contribution is 2.30. The van der Waals surface area contributed by atoms with E-state index in [0.29, 0.717) is 26.5 Å². The van der Waals surface area contributed by atoms with Crippen LogP contribution < -0.4 is 10.1 Å². The Morgan fingerprint density at radius 1 is 1.22 bits per heavy atom. The zero-order chi connectivity index (χ0) is 16.2. The second-order valence-corrected chi connectivity index (χ2v) is 6.17. The van der Waals surface area contributed by atoms with Crippen molar-refractivity contribution in [3.8, 4) is 5.75 Å². The zero-order valence-corrected chi connectivity index (χ0v) is 13.8. The van der Waals surface area contributed by atoms with Gasteiger partial charge in [-0.25, -0.2) is 4.99 Å². The van der Waals surface area contributed by atoms with E-state index in [9.17, 15) is 4.79 Å². The summed E-state index contributed by atoms with van der Waals surface area (Å²) in [5.74, 6) is 0.537. The maximum atomic E-state index is 12.1. The first-order valence-electron chi connectivity index (χ1n) is 6.84. The van der Waals surface area contributed by atoms with Crippen molar-refractivity contribution in [2.45, 2.75) is 0 Å². The number of nitrogens with one attached hydrogen (secondary N) is 1. The van der Waals surface area contributed by atoms with Crippen LogP contribution in [0.5, 0.6) is 5.75 Å². The smallest absolute Gasteiger partial charge is 0.264 e. The van der Waals surface area contributed by atoms with Gasteiger partial charge in [-0.05, 0) is 42.1 Å². The molecule has 0 aliphatic carbocycles. The van der Waals surface area contributed by atoms with Crippen LogP contribution in [0.2, 0.25) is 5.02 Å². The molecular formula is C17H13ClN2O2S. The molecule has 6 heteroatoms. The molecule has 1 saturated heterocycles. The summed E-state index contributed by atoms with van der Waals surface area (Å²) in [6.07, 6.45) is 1.79. The molecule has 1 aliphatic heterocycles. The number of para-hydroxylation sites is 1. The average Bonchev–Trinajstić information content (AvgIpc) is 2.87. The molecule has 0 atom stereocenters. The van der Waals surface area contributed by atoms with Crippen molar-refractivity contribution in [3.63, 3.8) is 0 Å². The molecule has 23 heavy (non-hydrogen) atoms. The van der Waals surface area contributed by atoms with Crippen LogP contribution in [0.4, 0.5) is 5.69 Å². The number of methoxy groups -OCH3 is 1. The lowest BCUT2D eigenvalue weighted by molar-refractivity contribution is -0.115. The number of thioether (sulfide) groups is 1. The number of halogens is 1. The molecule has 2 aromatic carbocycles. The zero-order valence-electron chi connectivity index (χ0n) is 12.2. The quantitative estimate of drug-likeness (QED) is 0.847. The first kappa shape index (κ1) is 15.6. The molecule has 1 amide bonds. The van der Waals surface area contributed by atoms with Gasteiger partial charge in [-0.15, -0.1) is 0 Å². The third-order valence-corrected chi connectivity index (χ3v) is 4.26. The number of amides is 1. The van der Waals surface area contributed by atoms with Gasteiger partial charge in [0.15, 0.2) is 5.17 Å². The Hall–Kier alpha value is -2.24. The molecular weight excluding hydrogens is 332 g/mol. The Morgan fingerprint density at radius 2 is 2.04 bits per heavy atom. The van der Waals surface area contributed by atoms with Gasteiger partial charge in [0, 0.05) is 10.6 Å². The van der Waals surface area contributed by atoms with Gasteiger partial charge in [-0.3, -0.25) is 4.79 Å². The number of nitrogens with zero attached hydrogens (tertiary/aromatic N) is 1. The first-order chi connectivity index (χ1) is 11.2. The van der Waals surface area contributed by atoms with Gasteiger partial charge in [-0.2, -0.15) is 0 Å². The summed E-state index contributed by atoms with van der Waals surface area (Å²) in [7, 11) is 1.60. The monoisotopic (exact) mass is 344 g/mol. The SMILES string of the molecule is COc1ccccc1/C=C1/SC(=Nc2cccc(Cl)c2)NC1=O. The fraction of sp³-hybridized carbons (Fsp3) is 0.0588. The highest BCUT2D eigenvalue weighted by atomic mass is 35.5. The van der Waals surface area contributed by atoms with Crippen LogP contribution in [0.25, 0.3) is 6.08 Å². The van der Waals surface area contributed by atoms with Crippen molar-refractivity contribution in [3.05, 3.63) is 64.0 Å². The number of rotatable bonds is 3. The highest BCUT2D eigenvalue weighted by molar-refractivity contribution is 8.18. The molecule has 0 unspecified atom stereocenters. The number of ether oxygens (including phenoxy) is 1. The van der Waals surface area contributed by atoms with Crippen LogP contribution >= 0.6 is 23.4 Å². The van der Waals surface area contributed by atoms with Crippen LogP contribution in [-0.4, -0.2) is 18.2 Å². The highest BCUT2D eigenvalue weighted by Gasteiger charge is 2.24. The van der Waals surface area contributed by atoms with E-state index >= 15 is 0 Å². The summed E-state index contributed by atoms with van der Waals surface area (Å²) in [6.45, 7) is 0. The molecule has 0 radical (unpaired) electrons. The van der Waals surface area contributed by atoms with Gasteiger partial charge < -0.3 is 10.1 Å². The lowest BCUT2D eigenvalue weighted by Crippen LogP contribution is -2.19.